The van der Waals surface area contributed by atoms with Crippen LogP contribution in [0.4, 0.5) is 10.1 Å². The van der Waals surface area contributed by atoms with Crippen LogP contribution in [0.1, 0.15) is 38.3 Å². The number of benzene rings is 1. The lowest BCUT2D eigenvalue weighted by atomic mass is 9.99. The number of hydrogen-bond acceptors (Lipinski definition) is 2. The highest BCUT2D eigenvalue weighted by atomic mass is 19.1. The summed E-state index contributed by atoms with van der Waals surface area (Å²) in [7, 11) is 0. The van der Waals surface area contributed by atoms with Crippen LogP contribution in [0.3, 0.4) is 0 Å². The minimum atomic E-state index is -0.145. The molecule has 1 aliphatic heterocycles. The Labute approximate surface area is 103 Å². The summed E-state index contributed by atoms with van der Waals surface area (Å²) in [5.74, 6) is 0.505. The maximum Gasteiger partial charge on any atom is 0.146 e. The summed E-state index contributed by atoms with van der Waals surface area (Å²) in [5, 5.41) is 0. The van der Waals surface area contributed by atoms with Crippen molar-refractivity contribution >= 4 is 5.69 Å². The number of halogens is 1. The summed E-state index contributed by atoms with van der Waals surface area (Å²) >= 11 is 0. The molecule has 0 aromatic heterocycles. The predicted octanol–water partition coefficient (Wildman–Crippen LogP) is 3.08. The zero-order valence-electron chi connectivity index (χ0n) is 10.6. The van der Waals surface area contributed by atoms with E-state index < -0.39 is 0 Å². The third-order valence-electron chi connectivity index (χ3n) is 3.50. The Balaban J connectivity index is 2.21. The minimum Gasteiger partial charge on any atom is -0.369 e. The molecule has 0 aliphatic carbocycles. The average Bonchev–Trinajstić information content (AvgIpc) is 2.28. The highest BCUT2D eigenvalue weighted by molar-refractivity contribution is 5.50. The van der Waals surface area contributed by atoms with Crippen molar-refractivity contribution in [3.05, 3.63) is 29.6 Å². The summed E-state index contributed by atoms with van der Waals surface area (Å²) in [5.41, 5.74) is 7.33. The van der Waals surface area contributed by atoms with E-state index in [0.717, 1.165) is 30.8 Å². The first kappa shape index (κ1) is 12.4. The van der Waals surface area contributed by atoms with Crippen molar-refractivity contribution in [2.75, 3.05) is 18.0 Å². The van der Waals surface area contributed by atoms with E-state index in [2.05, 4.69) is 11.8 Å². The van der Waals surface area contributed by atoms with Crippen LogP contribution in [0.15, 0.2) is 18.2 Å². The molecule has 1 aromatic rings. The Hall–Kier alpha value is -1.09. The van der Waals surface area contributed by atoms with Crippen LogP contribution >= 0.6 is 0 Å². The van der Waals surface area contributed by atoms with Crippen LogP contribution in [0.25, 0.3) is 0 Å². The summed E-state index contributed by atoms with van der Waals surface area (Å²) < 4.78 is 14.0. The van der Waals surface area contributed by atoms with Gasteiger partial charge in [-0.1, -0.05) is 13.0 Å². The summed E-state index contributed by atoms with van der Waals surface area (Å²) in [6.07, 6.45) is 2.39. The van der Waals surface area contributed by atoms with Gasteiger partial charge in [0.15, 0.2) is 0 Å². The van der Waals surface area contributed by atoms with E-state index in [1.165, 1.54) is 6.42 Å². The predicted molar refractivity (Wildman–Crippen MR) is 69.6 cm³/mol. The molecule has 3 heteroatoms. The number of nitrogens with two attached hydrogens (primary N) is 1. The molecule has 2 nitrogen and oxygen atoms in total. The van der Waals surface area contributed by atoms with E-state index in [1.807, 2.05) is 19.1 Å². The fourth-order valence-electron chi connectivity index (χ4n) is 2.47. The zero-order chi connectivity index (χ0) is 12.4. The van der Waals surface area contributed by atoms with Crippen LogP contribution in [-0.2, 0) is 0 Å². The van der Waals surface area contributed by atoms with Crippen molar-refractivity contribution in [2.24, 2.45) is 11.7 Å². The van der Waals surface area contributed by atoms with Crippen LogP contribution in [0.5, 0.6) is 0 Å². The molecule has 1 aliphatic rings. The van der Waals surface area contributed by atoms with Crippen molar-refractivity contribution in [3.8, 4) is 0 Å². The largest absolute Gasteiger partial charge is 0.369 e. The van der Waals surface area contributed by atoms with Crippen molar-refractivity contribution in [1.82, 2.24) is 0 Å². The van der Waals surface area contributed by atoms with Crippen LogP contribution in [-0.4, -0.2) is 13.1 Å². The summed E-state index contributed by atoms with van der Waals surface area (Å²) in [4.78, 5) is 2.15. The molecule has 1 saturated heterocycles. The van der Waals surface area contributed by atoms with Gasteiger partial charge in [-0.15, -0.1) is 0 Å². The Morgan fingerprint density at radius 3 is 2.82 bits per heavy atom. The third kappa shape index (κ3) is 2.78. The van der Waals surface area contributed by atoms with Gasteiger partial charge in [0, 0.05) is 19.1 Å². The lowest BCUT2D eigenvalue weighted by Crippen LogP contribution is -2.34. The molecular formula is C14H21FN2. The van der Waals surface area contributed by atoms with Gasteiger partial charge in [-0.25, -0.2) is 4.39 Å². The average molecular weight is 236 g/mol. The first-order valence-electron chi connectivity index (χ1n) is 6.38. The van der Waals surface area contributed by atoms with E-state index in [9.17, 15) is 4.39 Å². The smallest absolute Gasteiger partial charge is 0.146 e. The van der Waals surface area contributed by atoms with Gasteiger partial charge in [-0.3, -0.25) is 0 Å². The van der Waals surface area contributed by atoms with Crippen molar-refractivity contribution < 1.29 is 4.39 Å². The fourth-order valence-corrected chi connectivity index (χ4v) is 2.47. The van der Waals surface area contributed by atoms with Gasteiger partial charge in [0.1, 0.15) is 5.82 Å². The maximum atomic E-state index is 14.0. The molecule has 2 rings (SSSR count). The molecule has 0 amide bonds. The van der Waals surface area contributed by atoms with Crippen LogP contribution in [0.2, 0.25) is 0 Å². The van der Waals surface area contributed by atoms with Gasteiger partial charge in [0.25, 0.3) is 0 Å². The molecule has 2 atom stereocenters. The van der Waals surface area contributed by atoms with E-state index >= 15 is 0 Å². The quantitative estimate of drug-likeness (QED) is 0.855. The Morgan fingerprint density at radius 1 is 1.47 bits per heavy atom. The van der Waals surface area contributed by atoms with Crippen molar-refractivity contribution in [2.45, 2.75) is 32.7 Å². The van der Waals surface area contributed by atoms with Gasteiger partial charge < -0.3 is 10.6 Å². The van der Waals surface area contributed by atoms with Gasteiger partial charge >= 0.3 is 0 Å². The monoisotopic (exact) mass is 236 g/mol. The fraction of sp³-hybridized carbons (Fsp3) is 0.571. The summed E-state index contributed by atoms with van der Waals surface area (Å²) in [6.45, 7) is 6.00. The first-order valence-corrected chi connectivity index (χ1v) is 6.38. The SMILES string of the molecule is CC1CCCN(c2ccc([C@H](C)N)cc2F)C1. The van der Waals surface area contributed by atoms with Crippen LogP contribution < -0.4 is 10.6 Å². The lowest BCUT2D eigenvalue weighted by molar-refractivity contribution is 0.442. The van der Waals surface area contributed by atoms with E-state index in [4.69, 9.17) is 5.73 Å². The van der Waals surface area contributed by atoms with E-state index in [0.29, 0.717) is 5.92 Å². The number of nitrogens with zero attached hydrogens (tertiary/aromatic N) is 1. The molecule has 1 heterocycles. The molecule has 94 valence electrons. The van der Waals surface area contributed by atoms with Crippen LogP contribution in [0, 0.1) is 11.7 Å². The lowest BCUT2D eigenvalue weighted by Gasteiger charge is -2.33. The molecule has 17 heavy (non-hydrogen) atoms. The molecule has 0 spiro atoms. The molecule has 0 radical (unpaired) electrons. The number of piperidine rings is 1. The molecule has 0 bridgehead atoms. The number of rotatable bonds is 2. The Kier molecular flexibility index (Phi) is 3.67. The van der Waals surface area contributed by atoms with E-state index in [-0.39, 0.29) is 11.9 Å². The number of hydrogen-bond donors (Lipinski definition) is 1. The molecule has 1 unspecified atom stereocenters. The second-order valence-electron chi connectivity index (χ2n) is 5.19. The Bertz CT molecular complexity index is 390. The molecule has 1 fully saturated rings. The molecular weight excluding hydrogens is 215 g/mol. The minimum absolute atomic E-state index is 0.112. The highest BCUT2D eigenvalue weighted by Gasteiger charge is 2.19. The Morgan fingerprint density at radius 2 is 2.24 bits per heavy atom. The maximum absolute atomic E-state index is 14.0. The second kappa shape index (κ2) is 5.05. The highest BCUT2D eigenvalue weighted by Crippen LogP contribution is 2.27. The van der Waals surface area contributed by atoms with E-state index in [1.54, 1.807) is 6.07 Å². The van der Waals surface area contributed by atoms with Gasteiger partial charge in [-0.05, 0) is 43.4 Å². The first-order chi connectivity index (χ1) is 8.08. The van der Waals surface area contributed by atoms with Crippen molar-refractivity contribution in [1.29, 1.82) is 0 Å². The normalized spacial score (nSPS) is 22.6. The van der Waals surface area contributed by atoms with Gasteiger partial charge in [0.2, 0.25) is 0 Å². The van der Waals surface area contributed by atoms with Gasteiger partial charge in [0.05, 0.1) is 5.69 Å². The van der Waals surface area contributed by atoms with Crippen molar-refractivity contribution in [3.63, 3.8) is 0 Å². The number of anilines is 1. The molecule has 2 N–H and O–H groups in total. The molecule has 1 aromatic carbocycles. The summed E-state index contributed by atoms with van der Waals surface area (Å²) in [6, 6.07) is 5.26. The topological polar surface area (TPSA) is 29.3 Å². The third-order valence-corrected chi connectivity index (χ3v) is 3.50. The zero-order valence-corrected chi connectivity index (χ0v) is 10.6. The second-order valence-corrected chi connectivity index (χ2v) is 5.19. The molecule has 0 saturated carbocycles. The standard InChI is InChI=1S/C14H21FN2/c1-10-4-3-7-17(9-10)14-6-5-12(11(2)16)8-13(14)15/h5-6,8,10-11H,3-4,7,9,16H2,1-2H3/t10?,11-/m0/s1. The van der Waals surface area contributed by atoms with Gasteiger partial charge in [-0.2, -0.15) is 0 Å².